The number of carbonyl (C=O) groups is 2. The van der Waals surface area contributed by atoms with Crippen LogP contribution in [0.15, 0.2) is 42.5 Å². The van der Waals surface area contributed by atoms with Crippen molar-refractivity contribution in [1.29, 1.82) is 5.26 Å². The third-order valence-corrected chi connectivity index (χ3v) is 4.85. The fourth-order valence-corrected chi connectivity index (χ4v) is 3.40. The third kappa shape index (κ3) is 8.83. The highest BCUT2D eigenvalue weighted by atomic mass is 16.5. The smallest absolute Gasteiger partial charge is 0.241 e. The minimum absolute atomic E-state index is 0.0122. The number of nitrogens with one attached hydrogen (secondary N) is 1. The van der Waals surface area contributed by atoms with E-state index in [9.17, 15) is 9.59 Å². The lowest BCUT2D eigenvalue weighted by Crippen LogP contribution is -2.42. The number of amides is 2. The molecule has 2 rings (SSSR count). The zero-order valence-electron chi connectivity index (χ0n) is 20.9. The molecule has 2 aromatic rings. The van der Waals surface area contributed by atoms with Crippen LogP contribution >= 0.6 is 0 Å². The summed E-state index contributed by atoms with van der Waals surface area (Å²) < 4.78 is 16.6. The van der Waals surface area contributed by atoms with E-state index in [0.29, 0.717) is 48.4 Å². The van der Waals surface area contributed by atoms with E-state index in [1.165, 1.54) is 0 Å². The number of hydrogen-bond donors (Lipinski definition) is 1. The van der Waals surface area contributed by atoms with Gasteiger partial charge in [-0.15, -0.1) is 0 Å². The molecule has 0 unspecified atom stereocenters. The van der Waals surface area contributed by atoms with Gasteiger partial charge >= 0.3 is 0 Å². The Bertz CT molecular complexity index is 1000. The van der Waals surface area contributed by atoms with Crippen molar-refractivity contribution in [1.82, 2.24) is 4.90 Å². The molecule has 9 nitrogen and oxygen atoms in total. The van der Waals surface area contributed by atoms with Gasteiger partial charge < -0.3 is 24.4 Å². The maximum absolute atomic E-state index is 13.0. The van der Waals surface area contributed by atoms with Crippen LogP contribution in [0.25, 0.3) is 0 Å². The lowest BCUT2D eigenvalue weighted by molar-refractivity contribution is -0.121. The average Bonchev–Trinajstić information content (AvgIpc) is 2.82. The van der Waals surface area contributed by atoms with Gasteiger partial charge in [0.05, 0.1) is 45.4 Å². The van der Waals surface area contributed by atoms with Crippen molar-refractivity contribution in [3.05, 3.63) is 42.5 Å². The lowest BCUT2D eigenvalue weighted by atomic mass is 10.2. The van der Waals surface area contributed by atoms with Gasteiger partial charge in [-0.05, 0) is 64.2 Å². The second kappa shape index (κ2) is 14.5. The highest BCUT2D eigenvalue weighted by Gasteiger charge is 2.19. The SMILES string of the molecule is CCOc1ccc(N(CCC#N)C(=O)CN(C)CC(=O)Nc2ccc(OCC)c(OCC)c2)cc1. The fraction of sp³-hybridized carbons (Fsp3) is 0.423. The molecule has 0 aliphatic heterocycles. The van der Waals surface area contributed by atoms with Crippen molar-refractivity contribution in [2.75, 3.05) is 56.7 Å². The van der Waals surface area contributed by atoms with E-state index in [2.05, 4.69) is 11.4 Å². The monoisotopic (exact) mass is 482 g/mol. The number of ether oxygens (including phenoxy) is 3. The summed E-state index contributed by atoms with van der Waals surface area (Å²) in [5, 5.41) is 11.8. The molecule has 9 heteroatoms. The van der Waals surface area contributed by atoms with Crippen LogP contribution in [0.1, 0.15) is 27.2 Å². The molecule has 188 valence electrons. The summed E-state index contributed by atoms with van der Waals surface area (Å²) >= 11 is 0. The summed E-state index contributed by atoms with van der Waals surface area (Å²) in [4.78, 5) is 28.8. The Morgan fingerprint density at radius 2 is 1.57 bits per heavy atom. The Kier molecular flexibility index (Phi) is 11.4. The highest BCUT2D eigenvalue weighted by molar-refractivity contribution is 5.96. The first-order valence-electron chi connectivity index (χ1n) is 11.7. The van der Waals surface area contributed by atoms with Crippen molar-refractivity contribution in [3.8, 4) is 23.3 Å². The summed E-state index contributed by atoms with van der Waals surface area (Å²) in [6, 6.07) is 14.4. The van der Waals surface area contributed by atoms with E-state index in [0.717, 1.165) is 0 Å². The number of anilines is 2. The number of rotatable bonds is 14. The summed E-state index contributed by atoms with van der Waals surface area (Å²) in [5.41, 5.74) is 1.25. The normalized spacial score (nSPS) is 10.4. The molecule has 35 heavy (non-hydrogen) atoms. The van der Waals surface area contributed by atoms with Gasteiger partial charge in [-0.2, -0.15) is 5.26 Å². The minimum Gasteiger partial charge on any atom is -0.494 e. The molecule has 0 saturated heterocycles. The molecular formula is C26H34N4O5. The summed E-state index contributed by atoms with van der Waals surface area (Å²) in [7, 11) is 1.70. The van der Waals surface area contributed by atoms with Gasteiger partial charge in [0.2, 0.25) is 11.8 Å². The van der Waals surface area contributed by atoms with Gasteiger partial charge in [-0.3, -0.25) is 14.5 Å². The molecule has 0 aliphatic carbocycles. The van der Waals surface area contributed by atoms with Crippen LogP contribution < -0.4 is 24.4 Å². The van der Waals surface area contributed by atoms with Crippen molar-refractivity contribution in [3.63, 3.8) is 0 Å². The number of benzene rings is 2. The van der Waals surface area contributed by atoms with Crippen molar-refractivity contribution < 1.29 is 23.8 Å². The Morgan fingerprint density at radius 3 is 2.20 bits per heavy atom. The van der Waals surface area contributed by atoms with Gasteiger partial charge in [-0.1, -0.05) is 0 Å². The number of hydrogen-bond acceptors (Lipinski definition) is 7. The molecule has 0 aliphatic rings. The predicted octanol–water partition coefficient (Wildman–Crippen LogP) is 3.70. The predicted molar refractivity (Wildman–Crippen MR) is 135 cm³/mol. The number of nitriles is 1. The standard InChI is InChI=1S/C26H34N4O5/c1-5-33-22-12-10-21(11-13-22)30(16-8-15-27)26(32)19-29(4)18-25(31)28-20-9-14-23(34-6-2)24(17-20)35-7-3/h9-14,17H,5-8,16,18-19H2,1-4H3,(H,28,31). The van der Waals surface area contributed by atoms with E-state index in [4.69, 9.17) is 19.5 Å². The Morgan fingerprint density at radius 1 is 0.914 bits per heavy atom. The second-order valence-corrected chi connectivity index (χ2v) is 7.63. The summed E-state index contributed by atoms with van der Waals surface area (Å²) in [5.74, 6) is 1.40. The van der Waals surface area contributed by atoms with Crippen LogP contribution in [-0.2, 0) is 9.59 Å². The van der Waals surface area contributed by atoms with Crippen molar-refractivity contribution >= 4 is 23.2 Å². The first kappa shape index (κ1) is 27.5. The third-order valence-electron chi connectivity index (χ3n) is 4.85. The molecule has 0 aromatic heterocycles. The molecule has 1 N–H and O–H groups in total. The quantitative estimate of drug-likeness (QED) is 0.438. The van der Waals surface area contributed by atoms with Crippen molar-refractivity contribution in [2.24, 2.45) is 0 Å². The maximum Gasteiger partial charge on any atom is 0.241 e. The molecule has 0 spiro atoms. The van der Waals surface area contributed by atoms with Crippen LogP contribution in [0, 0.1) is 11.3 Å². The molecule has 0 fully saturated rings. The second-order valence-electron chi connectivity index (χ2n) is 7.63. The molecule has 2 aromatic carbocycles. The zero-order chi connectivity index (χ0) is 25.6. The largest absolute Gasteiger partial charge is 0.494 e. The number of carbonyl (C=O) groups excluding carboxylic acids is 2. The lowest BCUT2D eigenvalue weighted by Gasteiger charge is -2.25. The minimum atomic E-state index is -0.267. The van der Waals surface area contributed by atoms with Crippen LogP contribution in [0.5, 0.6) is 17.2 Å². The Labute approximate surface area is 207 Å². The van der Waals surface area contributed by atoms with Crippen LogP contribution in [0.4, 0.5) is 11.4 Å². The molecule has 0 bridgehead atoms. The van der Waals surface area contributed by atoms with E-state index in [1.54, 1.807) is 59.3 Å². The van der Waals surface area contributed by atoms with Crippen LogP contribution in [0.3, 0.4) is 0 Å². The van der Waals surface area contributed by atoms with Gasteiger partial charge in [0.15, 0.2) is 11.5 Å². The first-order chi connectivity index (χ1) is 16.9. The Hall–Kier alpha value is -3.77. The van der Waals surface area contributed by atoms with Crippen LogP contribution in [0.2, 0.25) is 0 Å². The van der Waals surface area contributed by atoms with E-state index < -0.39 is 0 Å². The zero-order valence-corrected chi connectivity index (χ0v) is 20.9. The summed E-state index contributed by atoms with van der Waals surface area (Å²) in [6.45, 7) is 7.47. The van der Waals surface area contributed by atoms with E-state index >= 15 is 0 Å². The maximum atomic E-state index is 13.0. The van der Waals surface area contributed by atoms with Gasteiger partial charge in [0.1, 0.15) is 5.75 Å². The Balaban J connectivity index is 2.00. The number of likely N-dealkylation sites (N-methyl/N-ethyl adjacent to an activating group) is 1. The average molecular weight is 483 g/mol. The van der Waals surface area contributed by atoms with E-state index in [1.807, 2.05) is 20.8 Å². The molecule has 0 atom stereocenters. The van der Waals surface area contributed by atoms with Crippen molar-refractivity contribution in [2.45, 2.75) is 27.2 Å². The fourth-order valence-electron chi connectivity index (χ4n) is 3.40. The highest BCUT2D eigenvalue weighted by Crippen LogP contribution is 2.30. The van der Waals surface area contributed by atoms with Gasteiger partial charge in [0, 0.05) is 24.0 Å². The van der Waals surface area contributed by atoms with E-state index in [-0.39, 0.29) is 37.9 Å². The molecule has 2 amide bonds. The van der Waals surface area contributed by atoms with Gasteiger partial charge in [0.25, 0.3) is 0 Å². The number of nitrogens with zero attached hydrogens (tertiary/aromatic N) is 3. The molecule has 0 radical (unpaired) electrons. The first-order valence-corrected chi connectivity index (χ1v) is 11.7. The van der Waals surface area contributed by atoms with Crippen LogP contribution in [-0.4, -0.2) is 63.2 Å². The molecule has 0 saturated carbocycles. The molecule has 0 heterocycles. The topological polar surface area (TPSA) is 104 Å². The summed E-state index contributed by atoms with van der Waals surface area (Å²) in [6.07, 6.45) is 0.197. The van der Waals surface area contributed by atoms with Gasteiger partial charge in [-0.25, -0.2) is 0 Å². The molecular weight excluding hydrogens is 448 g/mol.